The molecule has 1 aromatic rings. The highest BCUT2D eigenvalue weighted by Crippen LogP contribution is 2.23. The van der Waals surface area contributed by atoms with E-state index in [-0.39, 0.29) is 0 Å². The number of carboxylic acid groups (broad SMARTS) is 1. The molecule has 2 heterocycles. The number of nitrogens with two attached hydrogens (primary N) is 1. The molecule has 1 aromatic heterocycles. The van der Waals surface area contributed by atoms with Crippen LogP contribution in [-0.2, 0) is 4.79 Å². The van der Waals surface area contributed by atoms with Crippen molar-refractivity contribution in [1.29, 1.82) is 0 Å². The van der Waals surface area contributed by atoms with Crippen molar-refractivity contribution in [2.75, 3.05) is 11.4 Å². The van der Waals surface area contributed by atoms with Crippen LogP contribution in [0.3, 0.4) is 0 Å². The zero-order valence-corrected chi connectivity index (χ0v) is 9.87. The lowest BCUT2D eigenvalue weighted by molar-refractivity contribution is -0.139. The largest absolute Gasteiger partial charge is 0.480 e. The van der Waals surface area contributed by atoms with Crippen molar-refractivity contribution >= 4 is 17.7 Å². The van der Waals surface area contributed by atoms with Gasteiger partial charge in [-0.05, 0) is 31.4 Å². The standard InChI is InChI=1S/C12H15N3O3/c13-11(16)8-4-5-14-10(7-8)15-6-2-1-3-9(15)12(17)18/h4-5,7,9H,1-3,6H2,(H2,13,16)(H,17,18). The Balaban J connectivity index is 2.30. The fraction of sp³-hybridized carbons (Fsp3) is 0.417. The van der Waals surface area contributed by atoms with Gasteiger partial charge in [0.15, 0.2) is 0 Å². The van der Waals surface area contributed by atoms with Crippen LogP contribution < -0.4 is 10.6 Å². The first-order chi connectivity index (χ1) is 8.59. The van der Waals surface area contributed by atoms with Gasteiger partial charge in [0.1, 0.15) is 11.9 Å². The minimum Gasteiger partial charge on any atom is -0.480 e. The second-order valence-corrected chi connectivity index (χ2v) is 4.31. The average molecular weight is 249 g/mol. The summed E-state index contributed by atoms with van der Waals surface area (Å²) in [5.74, 6) is -0.901. The van der Waals surface area contributed by atoms with Crippen molar-refractivity contribution in [3.05, 3.63) is 23.9 Å². The van der Waals surface area contributed by atoms with Crippen LogP contribution in [0.25, 0.3) is 0 Å². The van der Waals surface area contributed by atoms with Crippen LogP contribution in [-0.4, -0.2) is 34.6 Å². The number of hydrogen-bond donors (Lipinski definition) is 2. The maximum absolute atomic E-state index is 11.2. The molecule has 0 bridgehead atoms. The molecule has 18 heavy (non-hydrogen) atoms. The number of aromatic nitrogens is 1. The molecule has 0 spiro atoms. The molecule has 1 aliphatic heterocycles. The zero-order valence-electron chi connectivity index (χ0n) is 9.87. The summed E-state index contributed by atoms with van der Waals surface area (Å²) >= 11 is 0. The number of carbonyl (C=O) groups excluding carboxylic acids is 1. The molecule has 2 rings (SSSR count). The third-order valence-corrected chi connectivity index (χ3v) is 3.11. The number of anilines is 1. The number of amides is 1. The normalized spacial score (nSPS) is 19.6. The Hall–Kier alpha value is -2.11. The SMILES string of the molecule is NC(=O)c1ccnc(N2CCCCC2C(=O)O)c1. The maximum Gasteiger partial charge on any atom is 0.326 e. The molecule has 1 amide bonds. The summed E-state index contributed by atoms with van der Waals surface area (Å²) in [6.07, 6.45) is 3.88. The Bertz CT molecular complexity index is 475. The molecular formula is C12H15N3O3. The fourth-order valence-electron chi connectivity index (χ4n) is 2.19. The van der Waals surface area contributed by atoms with Crippen molar-refractivity contribution in [2.24, 2.45) is 5.73 Å². The minimum atomic E-state index is -0.860. The molecule has 1 unspecified atom stereocenters. The molecule has 6 heteroatoms. The van der Waals surface area contributed by atoms with Crippen LogP contribution in [0.1, 0.15) is 29.6 Å². The van der Waals surface area contributed by atoms with Gasteiger partial charge in [-0.25, -0.2) is 9.78 Å². The van der Waals surface area contributed by atoms with Gasteiger partial charge in [0.05, 0.1) is 0 Å². The summed E-state index contributed by atoms with van der Waals surface area (Å²) in [7, 11) is 0. The van der Waals surface area contributed by atoms with Crippen molar-refractivity contribution in [2.45, 2.75) is 25.3 Å². The number of carbonyl (C=O) groups is 2. The summed E-state index contributed by atoms with van der Waals surface area (Å²) in [5.41, 5.74) is 5.55. The summed E-state index contributed by atoms with van der Waals surface area (Å²) in [5, 5.41) is 9.19. The molecule has 0 aromatic carbocycles. The highest BCUT2D eigenvalue weighted by molar-refractivity contribution is 5.93. The molecule has 96 valence electrons. The molecule has 1 aliphatic rings. The smallest absolute Gasteiger partial charge is 0.326 e. The summed E-state index contributed by atoms with van der Waals surface area (Å²) in [4.78, 5) is 28.2. The zero-order chi connectivity index (χ0) is 13.1. The molecular weight excluding hydrogens is 234 g/mol. The van der Waals surface area contributed by atoms with Gasteiger partial charge in [0, 0.05) is 18.3 Å². The van der Waals surface area contributed by atoms with E-state index in [9.17, 15) is 14.7 Å². The first kappa shape index (κ1) is 12.3. The third-order valence-electron chi connectivity index (χ3n) is 3.11. The lowest BCUT2D eigenvalue weighted by Gasteiger charge is -2.33. The van der Waals surface area contributed by atoms with Crippen LogP contribution >= 0.6 is 0 Å². The van der Waals surface area contributed by atoms with Gasteiger partial charge in [-0.3, -0.25) is 4.79 Å². The average Bonchev–Trinajstić information content (AvgIpc) is 2.39. The van der Waals surface area contributed by atoms with Gasteiger partial charge >= 0.3 is 5.97 Å². The van der Waals surface area contributed by atoms with E-state index in [4.69, 9.17) is 5.73 Å². The van der Waals surface area contributed by atoms with E-state index in [1.807, 2.05) is 0 Å². The highest BCUT2D eigenvalue weighted by Gasteiger charge is 2.29. The molecule has 0 aliphatic carbocycles. The van der Waals surface area contributed by atoms with E-state index in [1.165, 1.54) is 12.3 Å². The van der Waals surface area contributed by atoms with Gasteiger partial charge in [-0.1, -0.05) is 0 Å². The number of nitrogens with zero attached hydrogens (tertiary/aromatic N) is 2. The quantitative estimate of drug-likeness (QED) is 0.818. The molecule has 1 atom stereocenters. The van der Waals surface area contributed by atoms with Crippen LogP contribution in [0.15, 0.2) is 18.3 Å². The van der Waals surface area contributed by atoms with E-state index < -0.39 is 17.9 Å². The summed E-state index contributed by atoms with van der Waals surface area (Å²) < 4.78 is 0. The Kier molecular flexibility index (Phi) is 3.45. The fourth-order valence-corrected chi connectivity index (χ4v) is 2.19. The van der Waals surface area contributed by atoms with Crippen molar-refractivity contribution in [3.63, 3.8) is 0 Å². The first-order valence-electron chi connectivity index (χ1n) is 5.85. The molecule has 1 fully saturated rings. The maximum atomic E-state index is 11.2. The molecule has 6 nitrogen and oxygen atoms in total. The number of aliphatic carboxylic acids is 1. The lowest BCUT2D eigenvalue weighted by Crippen LogP contribution is -2.45. The highest BCUT2D eigenvalue weighted by atomic mass is 16.4. The first-order valence-corrected chi connectivity index (χ1v) is 5.85. The van der Waals surface area contributed by atoms with Gasteiger partial charge < -0.3 is 15.7 Å². The van der Waals surface area contributed by atoms with E-state index in [0.29, 0.717) is 24.3 Å². The van der Waals surface area contributed by atoms with E-state index in [2.05, 4.69) is 4.98 Å². The predicted molar refractivity (Wildman–Crippen MR) is 65.4 cm³/mol. The Labute approximate surface area is 104 Å². The number of carboxylic acids is 1. The van der Waals surface area contributed by atoms with Crippen LogP contribution in [0.5, 0.6) is 0 Å². The van der Waals surface area contributed by atoms with Crippen molar-refractivity contribution in [1.82, 2.24) is 4.98 Å². The number of hydrogen-bond acceptors (Lipinski definition) is 4. The van der Waals surface area contributed by atoms with Crippen molar-refractivity contribution in [3.8, 4) is 0 Å². The molecule has 1 saturated heterocycles. The second-order valence-electron chi connectivity index (χ2n) is 4.31. The third kappa shape index (κ3) is 2.42. The molecule has 0 saturated carbocycles. The monoisotopic (exact) mass is 249 g/mol. The van der Waals surface area contributed by atoms with Crippen LogP contribution in [0.4, 0.5) is 5.82 Å². The van der Waals surface area contributed by atoms with Gasteiger partial charge in [-0.2, -0.15) is 0 Å². The number of piperidine rings is 1. The Morgan fingerprint density at radius 1 is 1.44 bits per heavy atom. The molecule has 0 radical (unpaired) electrons. The van der Waals surface area contributed by atoms with Gasteiger partial charge in [0.25, 0.3) is 0 Å². The van der Waals surface area contributed by atoms with Crippen molar-refractivity contribution < 1.29 is 14.7 Å². The molecule has 3 N–H and O–H groups in total. The topological polar surface area (TPSA) is 96.5 Å². The van der Waals surface area contributed by atoms with Gasteiger partial charge in [-0.15, -0.1) is 0 Å². The van der Waals surface area contributed by atoms with Crippen LogP contribution in [0.2, 0.25) is 0 Å². The summed E-state index contributed by atoms with van der Waals surface area (Å²) in [6.45, 7) is 0.631. The predicted octanol–water partition coefficient (Wildman–Crippen LogP) is 0.624. The van der Waals surface area contributed by atoms with E-state index >= 15 is 0 Å². The Morgan fingerprint density at radius 3 is 2.89 bits per heavy atom. The van der Waals surface area contributed by atoms with E-state index in [0.717, 1.165) is 12.8 Å². The number of primary amides is 1. The number of rotatable bonds is 3. The Morgan fingerprint density at radius 2 is 2.22 bits per heavy atom. The lowest BCUT2D eigenvalue weighted by atomic mass is 10.0. The number of pyridine rings is 1. The van der Waals surface area contributed by atoms with Gasteiger partial charge in [0.2, 0.25) is 5.91 Å². The van der Waals surface area contributed by atoms with E-state index in [1.54, 1.807) is 11.0 Å². The second kappa shape index (κ2) is 5.03. The van der Waals surface area contributed by atoms with Crippen LogP contribution in [0, 0.1) is 0 Å². The summed E-state index contributed by atoms with van der Waals surface area (Å²) in [6, 6.07) is 2.49. The minimum absolute atomic E-state index is 0.342.